The lowest BCUT2D eigenvalue weighted by Gasteiger charge is -2.32. The molecule has 1 aliphatic rings. The normalized spacial score (nSPS) is 20.7. The Hall–Kier alpha value is -3.27. The Bertz CT molecular complexity index is 1110. The lowest BCUT2D eigenvalue weighted by molar-refractivity contribution is 0.473. The Morgan fingerprint density at radius 1 is 1.30 bits per heavy atom. The standard InChI is InChI=1S/C20H28N10/c1-12(2)30-13(3)27-14-9-23-16(8-15(14)30)20(21)6-7-22-18(28-20)24-10-19(4,5)17-25-11-26-29-17/h6-9,11-12H,10,21H2,1-5H3,(H2,22,24,28)(H,25,26,29). The van der Waals surface area contributed by atoms with Crippen molar-refractivity contribution in [3.63, 3.8) is 0 Å². The van der Waals surface area contributed by atoms with Crippen LogP contribution >= 0.6 is 0 Å². The Morgan fingerprint density at radius 3 is 2.80 bits per heavy atom. The number of fused-ring (bicyclic) bond motifs is 1. The molecule has 5 N–H and O–H groups in total. The van der Waals surface area contributed by atoms with Gasteiger partial charge in [-0.2, -0.15) is 5.10 Å². The van der Waals surface area contributed by atoms with Crippen molar-refractivity contribution in [1.29, 1.82) is 0 Å². The largest absolute Gasteiger partial charge is 0.333 e. The summed E-state index contributed by atoms with van der Waals surface area (Å²) in [6, 6.07) is 2.28. The van der Waals surface area contributed by atoms with Gasteiger partial charge in [-0.05, 0) is 32.9 Å². The third kappa shape index (κ3) is 3.54. The molecule has 0 saturated heterocycles. The Labute approximate surface area is 175 Å². The van der Waals surface area contributed by atoms with E-state index in [2.05, 4.69) is 73.0 Å². The van der Waals surface area contributed by atoms with E-state index in [1.165, 1.54) is 6.33 Å². The minimum Gasteiger partial charge on any atom is -0.333 e. The van der Waals surface area contributed by atoms with Crippen molar-refractivity contribution in [3.05, 3.63) is 48.2 Å². The summed E-state index contributed by atoms with van der Waals surface area (Å²) in [6.07, 6.45) is 6.89. The highest BCUT2D eigenvalue weighted by atomic mass is 15.3. The molecule has 0 spiro atoms. The van der Waals surface area contributed by atoms with E-state index in [9.17, 15) is 0 Å². The van der Waals surface area contributed by atoms with Crippen LogP contribution in [-0.2, 0) is 11.1 Å². The first-order chi connectivity index (χ1) is 14.2. The summed E-state index contributed by atoms with van der Waals surface area (Å²) in [6.45, 7) is 10.9. The minimum absolute atomic E-state index is 0.283. The molecule has 3 aromatic rings. The number of guanidine groups is 1. The molecule has 0 bridgehead atoms. The zero-order valence-corrected chi connectivity index (χ0v) is 17.9. The first-order valence-corrected chi connectivity index (χ1v) is 9.96. The fraction of sp³-hybridized carbons (Fsp3) is 0.450. The van der Waals surface area contributed by atoms with E-state index in [-0.39, 0.29) is 11.5 Å². The van der Waals surface area contributed by atoms with Crippen molar-refractivity contribution in [2.24, 2.45) is 10.7 Å². The van der Waals surface area contributed by atoms with Gasteiger partial charge < -0.3 is 20.9 Å². The number of nitrogens with zero attached hydrogens (tertiary/aromatic N) is 6. The maximum Gasteiger partial charge on any atom is 0.197 e. The molecule has 30 heavy (non-hydrogen) atoms. The summed E-state index contributed by atoms with van der Waals surface area (Å²) in [5, 5.41) is 13.2. The fourth-order valence-corrected chi connectivity index (χ4v) is 3.64. The van der Waals surface area contributed by atoms with E-state index in [4.69, 9.17) is 5.73 Å². The Morgan fingerprint density at radius 2 is 2.10 bits per heavy atom. The van der Waals surface area contributed by atoms with Crippen LogP contribution in [0.4, 0.5) is 0 Å². The molecule has 1 atom stereocenters. The Kier molecular flexibility index (Phi) is 4.81. The number of aryl methyl sites for hydroxylation is 1. The Balaban J connectivity index is 1.62. The predicted octanol–water partition coefficient (Wildman–Crippen LogP) is 1.59. The summed E-state index contributed by atoms with van der Waals surface area (Å²) < 4.78 is 2.18. The van der Waals surface area contributed by atoms with E-state index in [1.54, 1.807) is 12.4 Å². The molecule has 4 heterocycles. The molecule has 0 fully saturated rings. The van der Waals surface area contributed by atoms with Crippen LogP contribution in [0.1, 0.15) is 51.1 Å². The maximum atomic E-state index is 6.69. The number of hydrogen-bond acceptors (Lipinski definition) is 6. The van der Waals surface area contributed by atoms with Crippen molar-refractivity contribution in [3.8, 4) is 0 Å². The van der Waals surface area contributed by atoms with Gasteiger partial charge in [-0.1, -0.05) is 13.8 Å². The number of pyridine rings is 1. The predicted molar refractivity (Wildman–Crippen MR) is 116 cm³/mol. The summed E-state index contributed by atoms with van der Waals surface area (Å²) in [4.78, 5) is 18.1. The van der Waals surface area contributed by atoms with E-state index in [0.717, 1.165) is 22.7 Å². The van der Waals surface area contributed by atoms with E-state index in [0.29, 0.717) is 18.2 Å². The van der Waals surface area contributed by atoms with Crippen molar-refractivity contribution in [2.45, 2.75) is 51.7 Å². The van der Waals surface area contributed by atoms with Gasteiger partial charge in [0.15, 0.2) is 11.6 Å². The minimum atomic E-state index is -0.991. The van der Waals surface area contributed by atoms with Gasteiger partial charge in [0.25, 0.3) is 0 Å². The number of rotatable bonds is 5. The molecule has 0 aromatic carbocycles. The summed E-state index contributed by atoms with van der Waals surface area (Å²) >= 11 is 0. The van der Waals surface area contributed by atoms with Crippen LogP contribution in [0.3, 0.4) is 0 Å². The molecule has 158 valence electrons. The van der Waals surface area contributed by atoms with Crippen LogP contribution in [-0.4, -0.2) is 42.2 Å². The number of imidazole rings is 1. The number of hydrogen-bond donors (Lipinski definition) is 4. The third-order valence-corrected chi connectivity index (χ3v) is 5.27. The molecule has 1 aliphatic heterocycles. The van der Waals surface area contributed by atoms with Crippen molar-refractivity contribution in [2.75, 3.05) is 6.54 Å². The van der Waals surface area contributed by atoms with E-state index >= 15 is 0 Å². The summed E-state index contributed by atoms with van der Waals surface area (Å²) in [7, 11) is 0. The van der Waals surface area contributed by atoms with Gasteiger partial charge in [-0.3, -0.25) is 15.1 Å². The lowest BCUT2D eigenvalue weighted by Crippen LogP contribution is -2.58. The molecule has 10 heteroatoms. The molecular weight excluding hydrogens is 380 g/mol. The van der Waals surface area contributed by atoms with Crippen molar-refractivity contribution < 1.29 is 0 Å². The van der Waals surface area contributed by atoms with E-state index in [1.807, 2.05) is 19.1 Å². The fourth-order valence-electron chi connectivity index (χ4n) is 3.64. The molecule has 0 radical (unpaired) electrons. The molecular formula is C20H28N10. The van der Waals surface area contributed by atoms with Crippen LogP contribution in [0.25, 0.3) is 11.0 Å². The molecule has 4 rings (SSSR count). The van der Waals surface area contributed by atoms with Crippen LogP contribution < -0.4 is 16.4 Å². The van der Waals surface area contributed by atoms with Crippen molar-refractivity contribution >= 4 is 17.0 Å². The number of aromatic amines is 1. The quantitative estimate of drug-likeness (QED) is 0.503. The number of nitrogens with two attached hydrogens (primary N) is 1. The highest BCUT2D eigenvalue weighted by molar-refractivity contribution is 5.83. The highest BCUT2D eigenvalue weighted by Gasteiger charge is 2.31. The molecule has 0 aliphatic carbocycles. The summed E-state index contributed by atoms with van der Waals surface area (Å²) in [5.74, 6) is 2.31. The second-order valence-electron chi connectivity index (χ2n) is 8.54. The topological polar surface area (TPSA) is 135 Å². The average Bonchev–Trinajstić information content (AvgIpc) is 3.33. The number of nitrogens with one attached hydrogen (secondary N) is 3. The second kappa shape index (κ2) is 7.21. The van der Waals surface area contributed by atoms with Crippen LogP contribution in [0, 0.1) is 6.92 Å². The number of aromatic nitrogens is 6. The summed E-state index contributed by atoms with van der Waals surface area (Å²) in [5.41, 5.74) is 7.95. The average molecular weight is 409 g/mol. The zero-order chi connectivity index (χ0) is 21.5. The van der Waals surface area contributed by atoms with Gasteiger partial charge in [0.1, 0.15) is 23.5 Å². The smallest absolute Gasteiger partial charge is 0.197 e. The van der Waals surface area contributed by atoms with Crippen molar-refractivity contribution in [1.82, 2.24) is 40.3 Å². The van der Waals surface area contributed by atoms with Gasteiger partial charge in [-0.25, -0.2) is 9.97 Å². The SMILES string of the molecule is Cc1nc2cnc(C3(N)C=CNC(=NCC(C)(C)c4ncn[nH]4)N3)cc2n1C(C)C. The number of aliphatic imine (C=N–C) groups is 1. The van der Waals surface area contributed by atoms with Gasteiger partial charge in [0.2, 0.25) is 0 Å². The lowest BCUT2D eigenvalue weighted by atomic mass is 9.93. The highest BCUT2D eigenvalue weighted by Crippen LogP contribution is 2.25. The molecule has 1 unspecified atom stereocenters. The van der Waals surface area contributed by atoms with Gasteiger partial charge in [0, 0.05) is 17.7 Å². The zero-order valence-electron chi connectivity index (χ0n) is 17.9. The molecule has 10 nitrogen and oxygen atoms in total. The second-order valence-corrected chi connectivity index (χ2v) is 8.54. The van der Waals surface area contributed by atoms with Gasteiger partial charge in [0.05, 0.1) is 24.0 Å². The molecule has 0 amide bonds. The first kappa shape index (κ1) is 20.0. The maximum absolute atomic E-state index is 6.69. The van der Waals surface area contributed by atoms with Gasteiger partial charge in [-0.15, -0.1) is 0 Å². The first-order valence-electron chi connectivity index (χ1n) is 9.96. The van der Waals surface area contributed by atoms with Crippen LogP contribution in [0.2, 0.25) is 0 Å². The van der Waals surface area contributed by atoms with Crippen LogP contribution in [0.5, 0.6) is 0 Å². The number of H-pyrrole nitrogens is 1. The molecule has 0 saturated carbocycles. The molecule has 3 aromatic heterocycles. The third-order valence-electron chi connectivity index (χ3n) is 5.27. The monoisotopic (exact) mass is 408 g/mol. The van der Waals surface area contributed by atoms with Crippen LogP contribution in [0.15, 0.2) is 35.9 Å². The van der Waals surface area contributed by atoms with Gasteiger partial charge >= 0.3 is 0 Å². The van der Waals surface area contributed by atoms with E-state index < -0.39 is 5.66 Å².